The first kappa shape index (κ1) is 15.0. The molecule has 5 nitrogen and oxygen atoms in total. The molecule has 0 spiro atoms. The van der Waals surface area contributed by atoms with E-state index in [1.165, 1.54) is 6.07 Å². The van der Waals surface area contributed by atoms with Gasteiger partial charge in [-0.3, -0.25) is 10.1 Å². The normalized spacial score (nSPS) is 12.0. The van der Waals surface area contributed by atoms with Gasteiger partial charge in [-0.15, -0.1) is 0 Å². The van der Waals surface area contributed by atoms with Crippen molar-refractivity contribution in [2.45, 2.75) is 19.4 Å². The van der Waals surface area contributed by atoms with Gasteiger partial charge in [0, 0.05) is 18.1 Å². The molecule has 2 aromatic rings. The molecular formula is C16H17NO4. The molecule has 0 amide bonds. The molecule has 0 aromatic heterocycles. The van der Waals surface area contributed by atoms with Gasteiger partial charge in [0.1, 0.15) is 5.75 Å². The second-order valence-electron chi connectivity index (χ2n) is 4.83. The van der Waals surface area contributed by atoms with Crippen LogP contribution in [-0.4, -0.2) is 17.1 Å². The van der Waals surface area contributed by atoms with Crippen molar-refractivity contribution in [3.63, 3.8) is 0 Å². The lowest BCUT2D eigenvalue weighted by atomic mass is 9.99. The molecule has 5 heteroatoms. The number of nitrogens with zero attached hydrogens (tertiary/aromatic N) is 1. The third-order valence-corrected chi connectivity index (χ3v) is 3.42. The topological polar surface area (TPSA) is 72.6 Å². The van der Waals surface area contributed by atoms with Crippen LogP contribution in [0.5, 0.6) is 5.75 Å². The highest BCUT2D eigenvalue weighted by molar-refractivity contribution is 5.42. The van der Waals surface area contributed by atoms with Gasteiger partial charge >= 0.3 is 0 Å². The Morgan fingerprint density at radius 1 is 1.29 bits per heavy atom. The van der Waals surface area contributed by atoms with E-state index >= 15 is 0 Å². The zero-order valence-corrected chi connectivity index (χ0v) is 11.9. The van der Waals surface area contributed by atoms with Gasteiger partial charge in [0.2, 0.25) is 0 Å². The van der Waals surface area contributed by atoms with Gasteiger partial charge < -0.3 is 9.84 Å². The summed E-state index contributed by atoms with van der Waals surface area (Å²) in [6, 6.07) is 11.9. The van der Waals surface area contributed by atoms with Crippen molar-refractivity contribution in [3.05, 3.63) is 69.3 Å². The first-order chi connectivity index (χ1) is 10.0. The van der Waals surface area contributed by atoms with E-state index in [-0.39, 0.29) is 12.1 Å². The Hall–Kier alpha value is -2.40. The Kier molecular flexibility index (Phi) is 4.55. The van der Waals surface area contributed by atoms with Crippen LogP contribution in [0.15, 0.2) is 42.5 Å². The van der Waals surface area contributed by atoms with Crippen molar-refractivity contribution in [2.24, 2.45) is 0 Å². The van der Waals surface area contributed by atoms with E-state index in [9.17, 15) is 15.2 Å². The predicted octanol–water partition coefficient (Wildman–Crippen LogP) is 3.19. The number of aryl methyl sites for hydroxylation is 1. The minimum atomic E-state index is -0.819. The average Bonchev–Trinajstić information content (AvgIpc) is 2.48. The largest absolute Gasteiger partial charge is 0.496 e. The summed E-state index contributed by atoms with van der Waals surface area (Å²) in [5.41, 5.74) is 2.18. The molecule has 0 saturated heterocycles. The predicted molar refractivity (Wildman–Crippen MR) is 79.5 cm³/mol. The summed E-state index contributed by atoms with van der Waals surface area (Å²) < 4.78 is 5.23. The number of nitro groups is 1. The summed E-state index contributed by atoms with van der Waals surface area (Å²) in [7, 11) is 1.57. The van der Waals surface area contributed by atoms with Gasteiger partial charge in [-0.2, -0.15) is 0 Å². The number of para-hydroxylation sites is 1. The second kappa shape index (κ2) is 6.37. The zero-order chi connectivity index (χ0) is 15.4. The summed E-state index contributed by atoms with van der Waals surface area (Å²) >= 11 is 0. The fourth-order valence-corrected chi connectivity index (χ4v) is 2.23. The maximum absolute atomic E-state index is 11.0. The smallest absolute Gasteiger partial charge is 0.272 e. The molecule has 21 heavy (non-hydrogen) atoms. The Morgan fingerprint density at radius 3 is 2.67 bits per heavy atom. The number of aliphatic hydroxyl groups is 1. The molecule has 0 aliphatic carbocycles. The van der Waals surface area contributed by atoms with Gasteiger partial charge in [-0.25, -0.2) is 0 Å². The van der Waals surface area contributed by atoms with Crippen LogP contribution in [-0.2, 0) is 6.42 Å². The highest BCUT2D eigenvalue weighted by Gasteiger charge is 2.17. The van der Waals surface area contributed by atoms with Crippen molar-refractivity contribution >= 4 is 5.69 Å². The molecule has 0 saturated carbocycles. The maximum Gasteiger partial charge on any atom is 0.272 e. The van der Waals surface area contributed by atoms with Gasteiger partial charge in [0.05, 0.1) is 18.1 Å². The molecule has 110 valence electrons. The summed E-state index contributed by atoms with van der Waals surface area (Å²) in [5, 5.41) is 21.3. The van der Waals surface area contributed by atoms with E-state index in [2.05, 4.69) is 0 Å². The van der Waals surface area contributed by atoms with E-state index in [4.69, 9.17) is 4.74 Å². The lowest BCUT2D eigenvalue weighted by Gasteiger charge is -2.13. The summed E-state index contributed by atoms with van der Waals surface area (Å²) in [4.78, 5) is 10.6. The molecule has 0 aliphatic heterocycles. The zero-order valence-electron chi connectivity index (χ0n) is 11.9. The van der Waals surface area contributed by atoms with Crippen LogP contribution in [0, 0.1) is 17.0 Å². The highest BCUT2D eigenvalue weighted by atomic mass is 16.6. The van der Waals surface area contributed by atoms with Crippen LogP contribution in [0.1, 0.15) is 22.8 Å². The van der Waals surface area contributed by atoms with Crippen molar-refractivity contribution in [1.29, 1.82) is 0 Å². The monoisotopic (exact) mass is 287 g/mol. The molecular weight excluding hydrogens is 270 g/mol. The lowest BCUT2D eigenvalue weighted by Crippen LogP contribution is -2.05. The van der Waals surface area contributed by atoms with E-state index in [1.807, 2.05) is 13.0 Å². The number of hydrogen-bond acceptors (Lipinski definition) is 4. The van der Waals surface area contributed by atoms with Gasteiger partial charge in [0.25, 0.3) is 5.69 Å². The quantitative estimate of drug-likeness (QED) is 0.677. The van der Waals surface area contributed by atoms with Crippen molar-refractivity contribution < 1.29 is 14.8 Å². The number of aliphatic hydroxyl groups excluding tert-OH is 1. The third kappa shape index (κ3) is 3.38. The Balaban J connectivity index is 2.26. The summed E-state index contributed by atoms with van der Waals surface area (Å²) in [6.07, 6.45) is -0.635. The molecule has 1 unspecified atom stereocenters. The van der Waals surface area contributed by atoms with Crippen LogP contribution >= 0.6 is 0 Å². The standard InChI is InChI=1S/C16H17NO4/c1-11-7-8-13(10-16(11)21-2)15(18)9-12-5-3-4-6-14(12)17(19)20/h3-8,10,15,18H,9H2,1-2H3. The second-order valence-corrected chi connectivity index (χ2v) is 4.83. The minimum absolute atomic E-state index is 0.0237. The van der Waals surface area contributed by atoms with Crippen molar-refractivity contribution in [3.8, 4) is 5.75 Å². The van der Waals surface area contributed by atoms with Crippen molar-refractivity contribution in [1.82, 2.24) is 0 Å². The first-order valence-electron chi connectivity index (χ1n) is 6.58. The molecule has 1 atom stereocenters. The summed E-state index contributed by atoms with van der Waals surface area (Å²) in [5.74, 6) is 0.689. The fraction of sp³-hybridized carbons (Fsp3) is 0.250. The highest BCUT2D eigenvalue weighted by Crippen LogP contribution is 2.28. The molecule has 0 aliphatic rings. The first-order valence-corrected chi connectivity index (χ1v) is 6.58. The van der Waals surface area contributed by atoms with Crippen LogP contribution in [0.25, 0.3) is 0 Å². The lowest BCUT2D eigenvalue weighted by molar-refractivity contribution is -0.385. The number of methoxy groups -OCH3 is 1. The van der Waals surface area contributed by atoms with E-state index in [0.29, 0.717) is 16.9 Å². The van der Waals surface area contributed by atoms with Crippen LogP contribution in [0.2, 0.25) is 0 Å². The maximum atomic E-state index is 11.0. The van der Waals surface area contributed by atoms with E-state index in [1.54, 1.807) is 37.4 Å². The SMILES string of the molecule is COc1cc(C(O)Cc2ccccc2[N+](=O)[O-])ccc1C. The van der Waals surface area contributed by atoms with E-state index < -0.39 is 11.0 Å². The molecule has 0 fully saturated rings. The van der Waals surface area contributed by atoms with E-state index in [0.717, 1.165) is 5.56 Å². The number of rotatable bonds is 5. The number of nitro benzene ring substituents is 1. The third-order valence-electron chi connectivity index (χ3n) is 3.42. The molecule has 0 radical (unpaired) electrons. The number of ether oxygens (including phenoxy) is 1. The van der Waals surface area contributed by atoms with Crippen LogP contribution in [0.4, 0.5) is 5.69 Å². The number of benzene rings is 2. The summed E-state index contributed by atoms with van der Waals surface area (Å²) in [6.45, 7) is 1.91. The molecule has 1 N–H and O–H groups in total. The minimum Gasteiger partial charge on any atom is -0.496 e. The van der Waals surface area contributed by atoms with Gasteiger partial charge in [-0.1, -0.05) is 30.3 Å². The molecule has 2 aromatic carbocycles. The molecule has 0 heterocycles. The number of hydrogen-bond donors (Lipinski definition) is 1. The Bertz CT molecular complexity index is 654. The van der Waals surface area contributed by atoms with Crippen LogP contribution in [0.3, 0.4) is 0 Å². The fourth-order valence-electron chi connectivity index (χ4n) is 2.23. The average molecular weight is 287 g/mol. The van der Waals surface area contributed by atoms with Crippen LogP contribution < -0.4 is 4.74 Å². The van der Waals surface area contributed by atoms with Crippen molar-refractivity contribution in [2.75, 3.05) is 7.11 Å². The molecule has 2 rings (SSSR count). The Labute approximate surface area is 123 Å². The van der Waals surface area contributed by atoms with Gasteiger partial charge in [0.15, 0.2) is 0 Å². The Morgan fingerprint density at radius 2 is 2.00 bits per heavy atom. The van der Waals surface area contributed by atoms with Gasteiger partial charge in [-0.05, 0) is 24.1 Å². The molecule has 0 bridgehead atoms.